The van der Waals surface area contributed by atoms with E-state index < -0.39 is 11.8 Å². The lowest BCUT2D eigenvalue weighted by Gasteiger charge is -2.12. The summed E-state index contributed by atoms with van der Waals surface area (Å²) in [7, 11) is 0. The number of nitrogens with one attached hydrogen (secondary N) is 3. The Morgan fingerprint density at radius 3 is 2.28 bits per heavy atom. The van der Waals surface area contributed by atoms with Gasteiger partial charge >= 0.3 is 11.8 Å². The van der Waals surface area contributed by atoms with Gasteiger partial charge in [0.15, 0.2) is 0 Å². The fourth-order valence-electron chi connectivity index (χ4n) is 2.29. The maximum Gasteiger partial charge on any atom is 0.313 e. The van der Waals surface area contributed by atoms with Gasteiger partial charge in [0.1, 0.15) is 0 Å². The van der Waals surface area contributed by atoms with Gasteiger partial charge < -0.3 is 16.0 Å². The molecule has 0 atom stereocenters. The Morgan fingerprint density at radius 1 is 0.880 bits per heavy atom. The number of anilines is 1. The molecule has 6 heteroatoms. The summed E-state index contributed by atoms with van der Waals surface area (Å²) in [5.41, 5.74) is 2.69. The van der Waals surface area contributed by atoms with E-state index in [0.717, 1.165) is 11.1 Å². The van der Waals surface area contributed by atoms with Crippen molar-refractivity contribution in [1.29, 1.82) is 0 Å². The lowest BCUT2D eigenvalue weighted by atomic mass is 10.1. The third-order valence-corrected chi connectivity index (χ3v) is 3.66. The van der Waals surface area contributed by atoms with Crippen LogP contribution in [0.3, 0.4) is 0 Å². The number of hydrogen-bond acceptors (Lipinski definition) is 3. The lowest BCUT2D eigenvalue weighted by Crippen LogP contribution is -2.35. The van der Waals surface area contributed by atoms with Gasteiger partial charge in [-0.05, 0) is 37.1 Å². The van der Waals surface area contributed by atoms with Crippen LogP contribution in [0.4, 0.5) is 5.69 Å². The zero-order valence-corrected chi connectivity index (χ0v) is 14.3. The van der Waals surface area contributed by atoms with Crippen molar-refractivity contribution < 1.29 is 14.4 Å². The second kappa shape index (κ2) is 8.63. The molecule has 2 rings (SSSR count). The molecule has 3 N–H and O–H groups in total. The van der Waals surface area contributed by atoms with Crippen molar-refractivity contribution in [2.24, 2.45) is 0 Å². The van der Waals surface area contributed by atoms with E-state index in [4.69, 9.17) is 0 Å². The highest BCUT2D eigenvalue weighted by Crippen LogP contribution is 2.15. The lowest BCUT2D eigenvalue weighted by molar-refractivity contribution is -0.136. The first kappa shape index (κ1) is 18.2. The van der Waals surface area contributed by atoms with Gasteiger partial charge in [-0.2, -0.15) is 0 Å². The number of hydrogen-bond donors (Lipinski definition) is 3. The fraction of sp³-hybridized carbons (Fsp3) is 0.211. The second-order valence-electron chi connectivity index (χ2n) is 5.47. The molecule has 6 nitrogen and oxygen atoms in total. The van der Waals surface area contributed by atoms with Gasteiger partial charge in [-0.3, -0.25) is 14.4 Å². The van der Waals surface area contributed by atoms with E-state index in [1.807, 2.05) is 31.2 Å². The molecular weight excluding hydrogens is 318 g/mol. The topological polar surface area (TPSA) is 87.3 Å². The highest BCUT2D eigenvalue weighted by molar-refractivity contribution is 6.40. The summed E-state index contributed by atoms with van der Waals surface area (Å²) >= 11 is 0. The third-order valence-electron chi connectivity index (χ3n) is 3.66. The molecule has 0 aliphatic carbocycles. The van der Waals surface area contributed by atoms with Crippen LogP contribution in [0.15, 0.2) is 48.5 Å². The molecule has 0 spiro atoms. The summed E-state index contributed by atoms with van der Waals surface area (Å²) < 4.78 is 0. The molecule has 0 fully saturated rings. The molecule has 25 heavy (non-hydrogen) atoms. The SMILES string of the molecule is CCNC(=O)C(=O)Nc1ccccc1C(=O)NCc1ccccc1C. The Bertz CT molecular complexity index is 787. The normalized spacial score (nSPS) is 10.0. The predicted molar refractivity (Wildman–Crippen MR) is 96.1 cm³/mol. The van der Waals surface area contributed by atoms with E-state index in [9.17, 15) is 14.4 Å². The largest absolute Gasteiger partial charge is 0.348 e. The fourth-order valence-corrected chi connectivity index (χ4v) is 2.29. The van der Waals surface area contributed by atoms with E-state index in [-0.39, 0.29) is 5.91 Å². The number of benzene rings is 2. The van der Waals surface area contributed by atoms with E-state index in [1.165, 1.54) is 0 Å². The van der Waals surface area contributed by atoms with Crippen LogP contribution in [0, 0.1) is 6.92 Å². The van der Waals surface area contributed by atoms with Gasteiger partial charge in [0.25, 0.3) is 5.91 Å². The van der Waals surface area contributed by atoms with Gasteiger partial charge in [-0.1, -0.05) is 36.4 Å². The summed E-state index contributed by atoms with van der Waals surface area (Å²) in [5, 5.41) is 7.72. The van der Waals surface area contributed by atoms with E-state index in [0.29, 0.717) is 24.3 Å². The van der Waals surface area contributed by atoms with Crippen LogP contribution in [0.2, 0.25) is 0 Å². The number of amides is 3. The monoisotopic (exact) mass is 339 g/mol. The van der Waals surface area contributed by atoms with Gasteiger partial charge in [0.2, 0.25) is 0 Å². The summed E-state index contributed by atoms with van der Waals surface area (Å²) in [6.45, 7) is 4.43. The van der Waals surface area contributed by atoms with Crippen LogP contribution in [0.25, 0.3) is 0 Å². The minimum atomic E-state index is -0.805. The molecule has 0 bridgehead atoms. The van der Waals surface area contributed by atoms with Crippen LogP contribution in [0.1, 0.15) is 28.4 Å². The average molecular weight is 339 g/mol. The van der Waals surface area contributed by atoms with Crippen LogP contribution in [0.5, 0.6) is 0 Å². The van der Waals surface area contributed by atoms with Gasteiger partial charge in [0.05, 0.1) is 11.3 Å². The zero-order chi connectivity index (χ0) is 18.2. The Balaban J connectivity index is 2.08. The Hall–Kier alpha value is -3.15. The molecule has 0 unspecified atom stereocenters. The molecule has 0 aliphatic heterocycles. The van der Waals surface area contributed by atoms with Crippen LogP contribution in [-0.4, -0.2) is 24.3 Å². The molecule has 0 radical (unpaired) electrons. The first-order valence-corrected chi connectivity index (χ1v) is 8.03. The highest BCUT2D eigenvalue weighted by Gasteiger charge is 2.17. The van der Waals surface area contributed by atoms with Crippen LogP contribution >= 0.6 is 0 Å². The summed E-state index contributed by atoms with van der Waals surface area (Å²) in [6, 6.07) is 14.3. The number of para-hydroxylation sites is 1. The first-order valence-electron chi connectivity index (χ1n) is 8.03. The highest BCUT2D eigenvalue weighted by atomic mass is 16.2. The number of likely N-dealkylation sites (N-methyl/N-ethyl adjacent to an activating group) is 1. The van der Waals surface area contributed by atoms with Crippen molar-refractivity contribution in [3.63, 3.8) is 0 Å². The molecule has 2 aromatic rings. The van der Waals surface area contributed by atoms with E-state index in [1.54, 1.807) is 31.2 Å². The van der Waals surface area contributed by atoms with Crippen molar-refractivity contribution in [2.45, 2.75) is 20.4 Å². The van der Waals surface area contributed by atoms with E-state index in [2.05, 4.69) is 16.0 Å². The van der Waals surface area contributed by atoms with Crippen molar-refractivity contribution in [3.8, 4) is 0 Å². The number of carbonyl (C=O) groups is 3. The van der Waals surface area contributed by atoms with Crippen LogP contribution in [-0.2, 0) is 16.1 Å². The van der Waals surface area contributed by atoms with E-state index >= 15 is 0 Å². The molecular formula is C19H21N3O3. The van der Waals surface area contributed by atoms with Crippen LogP contribution < -0.4 is 16.0 Å². The van der Waals surface area contributed by atoms with Crippen molar-refractivity contribution >= 4 is 23.4 Å². The Morgan fingerprint density at radius 2 is 1.56 bits per heavy atom. The Kier molecular flexibility index (Phi) is 6.28. The minimum Gasteiger partial charge on any atom is -0.348 e. The summed E-state index contributed by atoms with van der Waals surface area (Å²) in [6.07, 6.45) is 0. The van der Waals surface area contributed by atoms with Gasteiger partial charge in [0, 0.05) is 13.1 Å². The molecule has 130 valence electrons. The first-order chi connectivity index (χ1) is 12.0. The zero-order valence-electron chi connectivity index (χ0n) is 14.3. The average Bonchev–Trinajstić information content (AvgIpc) is 2.61. The second-order valence-corrected chi connectivity index (χ2v) is 5.47. The maximum absolute atomic E-state index is 12.5. The molecule has 0 heterocycles. The number of carbonyl (C=O) groups excluding carboxylic acids is 3. The maximum atomic E-state index is 12.5. The number of rotatable bonds is 5. The standard InChI is InChI=1S/C19H21N3O3/c1-3-20-18(24)19(25)22-16-11-7-6-10-15(16)17(23)21-12-14-9-5-4-8-13(14)2/h4-11H,3,12H2,1-2H3,(H,20,24)(H,21,23)(H,22,25). The molecule has 0 saturated heterocycles. The smallest absolute Gasteiger partial charge is 0.313 e. The third kappa shape index (κ3) is 4.91. The molecule has 0 aliphatic rings. The number of aryl methyl sites for hydroxylation is 1. The summed E-state index contributed by atoms with van der Waals surface area (Å²) in [4.78, 5) is 35.9. The molecule has 0 saturated carbocycles. The van der Waals surface area contributed by atoms with Crippen molar-refractivity contribution in [3.05, 3.63) is 65.2 Å². The molecule has 2 aromatic carbocycles. The van der Waals surface area contributed by atoms with Gasteiger partial charge in [-0.15, -0.1) is 0 Å². The predicted octanol–water partition coefficient (Wildman–Crippen LogP) is 2.00. The van der Waals surface area contributed by atoms with Crippen molar-refractivity contribution in [2.75, 3.05) is 11.9 Å². The summed E-state index contributed by atoms with van der Waals surface area (Å²) in [5.74, 6) is -1.87. The van der Waals surface area contributed by atoms with Gasteiger partial charge in [-0.25, -0.2) is 0 Å². The minimum absolute atomic E-state index is 0.293. The molecule has 0 aromatic heterocycles. The van der Waals surface area contributed by atoms with Crippen molar-refractivity contribution in [1.82, 2.24) is 10.6 Å². The Labute approximate surface area is 146 Å². The molecule has 3 amide bonds. The quantitative estimate of drug-likeness (QED) is 0.728.